The van der Waals surface area contributed by atoms with Crippen LogP contribution in [0.1, 0.15) is 17.0 Å². The number of carbonyl (C=O) groups is 1. The standard InChI is InChI=1S/C23H27N5O3/c1-30-21-7-4-5-18(11-21)17-31-22-14-27(12-20-8-10-25-26-20)16-23(29)28(15-22)13-19-6-2-3-9-24-19/h2-11,22H,12-17H2,1H3,(H,25,26)/t22-/m0/s1. The van der Waals surface area contributed by atoms with Gasteiger partial charge in [0.25, 0.3) is 0 Å². The first-order valence-electron chi connectivity index (χ1n) is 10.3. The van der Waals surface area contributed by atoms with Gasteiger partial charge in [-0.25, -0.2) is 0 Å². The third-order valence-electron chi connectivity index (χ3n) is 5.25. The molecule has 1 fully saturated rings. The van der Waals surface area contributed by atoms with Crippen molar-refractivity contribution in [2.24, 2.45) is 0 Å². The molecule has 1 atom stereocenters. The maximum Gasteiger partial charge on any atom is 0.237 e. The minimum atomic E-state index is -0.135. The van der Waals surface area contributed by atoms with E-state index in [4.69, 9.17) is 9.47 Å². The van der Waals surface area contributed by atoms with Crippen LogP contribution in [0.25, 0.3) is 0 Å². The minimum absolute atomic E-state index is 0.0673. The summed E-state index contributed by atoms with van der Waals surface area (Å²) in [5.74, 6) is 0.868. The average molecular weight is 422 g/mol. The number of nitrogens with zero attached hydrogens (tertiary/aromatic N) is 4. The van der Waals surface area contributed by atoms with E-state index in [2.05, 4.69) is 20.1 Å². The summed E-state index contributed by atoms with van der Waals surface area (Å²) in [6.07, 6.45) is 3.34. The SMILES string of the molecule is COc1cccc(CO[C@H]2CN(Cc3ccn[nH]3)CC(=O)N(Cc3ccccn3)C2)c1. The maximum atomic E-state index is 13.0. The number of hydrogen-bond acceptors (Lipinski definition) is 6. The van der Waals surface area contributed by atoms with Crippen LogP contribution in [-0.4, -0.2) is 63.7 Å². The summed E-state index contributed by atoms with van der Waals surface area (Å²) in [5.41, 5.74) is 2.87. The van der Waals surface area contributed by atoms with E-state index in [9.17, 15) is 4.79 Å². The predicted octanol–water partition coefficient (Wildman–Crippen LogP) is 2.24. The number of pyridine rings is 1. The molecule has 1 amide bonds. The van der Waals surface area contributed by atoms with Crippen LogP contribution in [0.15, 0.2) is 60.9 Å². The summed E-state index contributed by atoms with van der Waals surface area (Å²) in [7, 11) is 1.65. The molecule has 8 nitrogen and oxygen atoms in total. The molecular formula is C23H27N5O3. The molecule has 3 aromatic rings. The van der Waals surface area contributed by atoms with Gasteiger partial charge in [0, 0.05) is 37.7 Å². The van der Waals surface area contributed by atoms with Crippen molar-refractivity contribution in [1.82, 2.24) is 25.0 Å². The molecule has 2 aromatic heterocycles. The quantitative estimate of drug-likeness (QED) is 0.601. The van der Waals surface area contributed by atoms with Gasteiger partial charge in [-0.2, -0.15) is 5.10 Å². The highest BCUT2D eigenvalue weighted by Crippen LogP contribution is 2.17. The molecule has 1 N–H and O–H groups in total. The van der Waals surface area contributed by atoms with E-state index in [-0.39, 0.29) is 12.0 Å². The summed E-state index contributed by atoms with van der Waals surface area (Å²) in [6, 6.07) is 15.5. The maximum absolute atomic E-state index is 13.0. The molecule has 4 rings (SSSR count). The third-order valence-corrected chi connectivity index (χ3v) is 5.25. The van der Waals surface area contributed by atoms with Crippen LogP contribution in [0.3, 0.4) is 0 Å². The lowest BCUT2D eigenvalue weighted by Gasteiger charge is -2.24. The number of nitrogens with one attached hydrogen (secondary N) is 1. The fourth-order valence-corrected chi connectivity index (χ4v) is 3.70. The highest BCUT2D eigenvalue weighted by molar-refractivity contribution is 5.78. The minimum Gasteiger partial charge on any atom is -0.497 e. The van der Waals surface area contributed by atoms with E-state index in [0.717, 1.165) is 22.7 Å². The van der Waals surface area contributed by atoms with Gasteiger partial charge in [0.05, 0.1) is 38.6 Å². The van der Waals surface area contributed by atoms with Crippen LogP contribution >= 0.6 is 0 Å². The molecule has 0 spiro atoms. The van der Waals surface area contributed by atoms with Gasteiger partial charge in [0.1, 0.15) is 5.75 Å². The third kappa shape index (κ3) is 5.90. The van der Waals surface area contributed by atoms with Crippen molar-refractivity contribution in [2.75, 3.05) is 26.7 Å². The number of aromatic nitrogens is 3. The lowest BCUT2D eigenvalue weighted by molar-refractivity contribution is -0.132. The van der Waals surface area contributed by atoms with Gasteiger partial charge in [-0.05, 0) is 35.9 Å². The number of amides is 1. The van der Waals surface area contributed by atoms with E-state index >= 15 is 0 Å². The fraction of sp³-hybridized carbons (Fsp3) is 0.348. The first kappa shape index (κ1) is 21.0. The summed E-state index contributed by atoms with van der Waals surface area (Å²) in [6.45, 7) is 3.02. The van der Waals surface area contributed by atoms with Gasteiger partial charge in [-0.1, -0.05) is 18.2 Å². The second-order valence-corrected chi connectivity index (χ2v) is 7.63. The van der Waals surface area contributed by atoms with Crippen molar-refractivity contribution < 1.29 is 14.3 Å². The largest absolute Gasteiger partial charge is 0.497 e. The monoisotopic (exact) mass is 421 g/mol. The van der Waals surface area contributed by atoms with Crippen LogP contribution < -0.4 is 4.74 Å². The zero-order valence-electron chi connectivity index (χ0n) is 17.6. The van der Waals surface area contributed by atoms with Crippen molar-refractivity contribution in [1.29, 1.82) is 0 Å². The molecule has 31 heavy (non-hydrogen) atoms. The molecule has 8 heteroatoms. The molecule has 1 aromatic carbocycles. The Morgan fingerprint density at radius 2 is 2.03 bits per heavy atom. The Morgan fingerprint density at radius 1 is 1.10 bits per heavy atom. The molecule has 0 bridgehead atoms. The van der Waals surface area contributed by atoms with Crippen molar-refractivity contribution in [3.63, 3.8) is 0 Å². The molecule has 0 saturated carbocycles. The Kier molecular flexibility index (Phi) is 6.91. The first-order chi connectivity index (χ1) is 15.2. The van der Waals surface area contributed by atoms with Crippen LogP contribution in [-0.2, 0) is 29.2 Å². The number of benzene rings is 1. The first-order valence-corrected chi connectivity index (χ1v) is 10.3. The predicted molar refractivity (Wildman–Crippen MR) is 115 cm³/mol. The van der Waals surface area contributed by atoms with Crippen molar-refractivity contribution in [3.8, 4) is 5.75 Å². The van der Waals surface area contributed by atoms with E-state index in [1.807, 2.05) is 53.4 Å². The van der Waals surface area contributed by atoms with Gasteiger partial charge >= 0.3 is 0 Å². The van der Waals surface area contributed by atoms with E-state index in [1.54, 1.807) is 19.5 Å². The zero-order chi connectivity index (χ0) is 21.5. The Labute approximate surface area is 181 Å². The molecule has 1 saturated heterocycles. The molecule has 0 radical (unpaired) electrons. The van der Waals surface area contributed by atoms with Crippen molar-refractivity contribution >= 4 is 5.91 Å². The number of rotatable bonds is 8. The second kappa shape index (κ2) is 10.2. The Hall–Kier alpha value is -3.23. The molecule has 0 aliphatic carbocycles. The fourth-order valence-electron chi connectivity index (χ4n) is 3.70. The summed E-state index contributed by atoms with van der Waals surface area (Å²) in [4.78, 5) is 21.3. The normalized spacial score (nSPS) is 17.5. The molecule has 1 aliphatic rings. The van der Waals surface area contributed by atoms with Crippen LogP contribution in [0, 0.1) is 0 Å². The molecule has 162 valence electrons. The molecule has 3 heterocycles. The van der Waals surface area contributed by atoms with E-state index < -0.39 is 0 Å². The molecule has 0 unspecified atom stereocenters. The van der Waals surface area contributed by atoms with Crippen LogP contribution in [0.5, 0.6) is 5.75 Å². The number of ether oxygens (including phenoxy) is 2. The lowest BCUT2D eigenvalue weighted by Crippen LogP contribution is -2.37. The second-order valence-electron chi connectivity index (χ2n) is 7.63. The van der Waals surface area contributed by atoms with Crippen LogP contribution in [0.4, 0.5) is 0 Å². The number of carbonyl (C=O) groups excluding carboxylic acids is 1. The smallest absolute Gasteiger partial charge is 0.237 e. The number of methoxy groups -OCH3 is 1. The Morgan fingerprint density at radius 3 is 2.81 bits per heavy atom. The number of aromatic amines is 1. The van der Waals surface area contributed by atoms with E-state index in [1.165, 1.54) is 0 Å². The lowest BCUT2D eigenvalue weighted by atomic mass is 10.2. The Bertz CT molecular complexity index is 964. The summed E-state index contributed by atoms with van der Waals surface area (Å²) < 4.78 is 11.6. The van der Waals surface area contributed by atoms with Crippen molar-refractivity contribution in [2.45, 2.75) is 25.8 Å². The summed E-state index contributed by atoms with van der Waals surface area (Å²) in [5, 5.41) is 6.99. The Balaban J connectivity index is 1.47. The molecular weight excluding hydrogens is 394 g/mol. The van der Waals surface area contributed by atoms with Crippen molar-refractivity contribution in [3.05, 3.63) is 77.9 Å². The van der Waals surface area contributed by atoms with Gasteiger partial charge in [0.2, 0.25) is 5.91 Å². The molecule has 1 aliphatic heterocycles. The summed E-state index contributed by atoms with van der Waals surface area (Å²) >= 11 is 0. The van der Waals surface area contributed by atoms with Gasteiger partial charge in [-0.15, -0.1) is 0 Å². The van der Waals surface area contributed by atoms with Gasteiger partial charge in [-0.3, -0.25) is 19.8 Å². The van der Waals surface area contributed by atoms with Gasteiger partial charge in [0.15, 0.2) is 0 Å². The zero-order valence-corrected chi connectivity index (χ0v) is 17.6. The highest BCUT2D eigenvalue weighted by atomic mass is 16.5. The van der Waals surface area contributed by atoms with Crippen LogP contribution in [0.2, 0.25) is 0 Å². The topological polar surface area (TPSA) is 83.6 Å². The highest BCUT2D eigenvalue weighted by Gasteiger charge is 2.29. The number of hydrogen-bond donors (Lipinski definition) is 1. The average Bonchev–Trinajstić information content (AvgIpc) is 3.25. The number of H-pyrrole nitrogens is 1. The van der Waals surface area contributed by atoms with E-state index in [0.29, 0.717) is 39.3 Å². The van der Waals surface area contributed by atoms with Gasteiger partial charge < -0.3 is 14.4 Å².